The van der Waals surface area contributed by atoms with Crippen molar-refractivity contribution >= 4 is 38.5 Å². The monoisotopic (exact) mass is 324 g/mol. The highest BCUT2D eigenvalue weighted by Gasteiger charge is 1.98. The summed E-state index contributed by atoms with van der Waals surface area (Å²) in [5.74, 6) is -0.731. The summed E-state index contributed by atoms with van der Waals surface area (Å²) < 4.78 is 25.3. The average molecular weight is 324 g/mol. The van der Waals surface area contributed by atoms with Crippen molar-refractivity contribution in [3.05, 3.63) is 33.4 Å². The number of benzene rings is 1. The Labute approximate surface area is 95.9 Å². The molecule has 0 unspecified atom stereocenters. The largest absolute Gasteiger partial charge is 0.858 e. The maximum absolute atomic E-state index is 11.3. The van der Waals surface area contributed by atoms with Crippen LogP contribution in [0.25, 0.3) is 0 Å². The molecule has 0 saturated carbocycles. The fourth-order valence-electron chi connectivity index (χ4n) is 0.825. The summed E-state index contributed by atoms with van der Waals surface area (Å²) in [6.07, 6.45) is 0.888. The van der Waals surface area contributed by atoms with Gasteiger partial charge in [-0.25, -0.2) is 8.42 Å². The fraction of sp³-hybridized carbons (Fsp3) is 0.125. The van der Waals surface area contributed by atoms with E-state index < -0.39 is 15.9 Å². The van der Waals surface area contributed by atoms with Crippen molar-refractivity contribution < 1.29 is 13.5 Å². The lowest BCUT2D eigenvalue weighted by atomic mass is 10.2. The molecule has 0 aromatic heterocycles. The third kappa shape index (κ3) is 3.62. The van der Waals surface area contributed by atoms with Gasteiger partial charge in [0.1, 0.15) is 0 Å². The van der Waals surface area contributed by atoms with Gasteiger partial charge in [0.25, 0.3) is 0 Å². The molecule has 4 nitrogen and oxygen atoms in total. The quantitative estimate of drug-likeness (QED) is 0.448. The van der Waals surface area contributed by atoms with E-state index in [4.69, 9.17) is 0 Å². The molecule has 0 N–H and O–H groups in total. The smallest absolute Gasteiger partial charge is 0.249 e. The Morgan fingerprint density at radius 2 is 2.14 bits per heavy atom. The van der Waals surface area contributed by atoms with E-state index in [9.17, 15) is 13.5 Å². The van der Waals surface area contributed by atoms with Crippen molar-refractivity contribution in [2.45, 2.75) is 0 Å². The highest BCUT2D eigenvalue weighted by molar-refractivity contribution is 14.1. The minimum Gasteiger partial charge on any atom is -0.858 e. The van der Waals surface area contributed by atoms with Crippen molar-refractivity contribution in [3.8, 4) is 0 Å². The van der Waals surface area contributed by atoms with Crippen molar-refractivity contribution in [1.29, 1.82) is 0 Å². The van der Waals surface area contributed by atoms with E-state index in [1.165, 1.54) is 6.07 Å². The standard InChI is InChI=1S/C8H8INO3S/c1-14(12,13)10-8(11)6-3-2-4-7(9)5-6/h2-5H,1H3,(H,10,11)/p-1. The number of sulfonamides is 1. The van der Waals surface area contributed by atoms with Gasteiger partial charge in [0.15, 0.2) is 0 Å². The Bertz CT molecular complexity index is 467. The van der Waals surface area contributed by atoms with Crippen molar-refractivity contribution in [2.75, 3.05) is 6.26 Å². The summed E-state index contributed by atoms with van der Waals surface area (Å²) in [5.41, 5.74) is 0.280. The van der Waals surface area contributed by atoms with Crippen LogP contribution in [0.5, 0.6) is 0 Å². The minimum atomic E-state index is -3.61. The van der Waals surface area contributed by atoms with Gasteiger partial charge in [-0.1, -0.05) is 12.1 Å². The molecule has 0 aliphatic carbocycles. The van der Waals surface area contributed by atoms with Crippen LogP contribution in [0.3, 0.4) is 0 Å². The molecule has 1 aromatic carbocycles. The molecular weight excluding hydrogens is 317 g/mol. The second kappa shape index (κ2) is 4.26. The summed E-state index contributed by atoms with van der Waals surface area (Å²) in [7, 11) is -3.61. The molecule has 0 fully saturated rings. The summed E-state index contributed by atoms with van der Waals surface area (Å²) in [6, 6.07) is 6.58. The maximum atomic E-state index is 11.3. The van der Waals surface area contributed by atoms with E-state index in [1.54, 1.807) is 18.2 Å². The van der Waals surface area contributed by atoms with Crippen LogP contribution in [0.15, 0.2) is 28.7 Å². The lowest BCUT2D eigenvalue weighted by Gasteiger charge is -2.09. The average Bonchev–Trinajstić information content (AvgIpc) is 2.01. The lowest BCUT2D eigenvalue weighted by molar-refractivity contribution is -0.212. The zero-order valence-corrected chi connectivity index (χ0v) is 10.2. The normalized spacial score (nSPS) is 12.9. The number of rotatable bonds is 2. The van der Waals surface area contributed by atoms with Crippen LogP contribution in [0.2, 0.25) is 0 Å². The molecule has 0 amide bonds. The highest BCUT2D eigenvalue weighted by atomic mass is 127. The summed E-state index contributed by atoms with van der Waals surface area (Å²) in [4.78, 5) is 0. The van der Waals surface area contributed by atoms with Crippen LogP contribution < -0.4 is 5.11 Å². The zero-order chi connectivity index (χ0) is 10.8. The van der Waals surface area contributed by atoms with E-state index >= 15 is 0 Å². The topological polar surface area (TPSA) is 69.6 Å². The maximum Gasteiger partial charge on any atom is 0.249 e. The molecule has 1 aromatic rings. The molecule has 0 saturated heterocycles. The second-order valence-corrected chi connectivity index (χ2v) is 5.53. The van der Waals surface area contributed by atoms with Crippen LogP contribution >= 0.6 is 22.6 Å². The molecule has 76 valence electrons. The van der Waals surface area contributed by atoms with Gasteiger partial charge >= 0.3 is 0 Å². The van der Waals surface area contributed by atoms with E-state index in [1.807, 2.05) is 22.6 Å². The zero-order valence-electron chi connectivity index (χ0n) is 7.27. The van der Waals surface area contributed by atoms with E-state index in [-0.39, 0.29) is 5.56 Å². The van der Waals surface area contributed by atoms with Crippen LogP contribution in [0, 0.1) is 3.57 Å². The van der Waals surface area contributed by atoms with Gasteiger partial charge in [-0.2, -0.15) is 4.40 Å². The first kappa shape index (κ1) is 11.4. The van der Waals surface area contributed by atoms with Gasteiger partial charge in [0.05, 0.1) is 6.26 Å². The molecule has 1 rings (SSSR count). The van der Waals surface area contributed by atoms with E-state index in [0.29, 0.717) is 0 Å². The summed E-state index contributed by atoms with van der Waals surface area (Å²) in [6.45, 7) is 0. The van der Waals surface area contributed by atoms with Gasteiger partial charge in [-0.3, -0.25) is 0 Å². The van der Waals surface area contributed by atoms with Crippen LogP contribution in [-0.2, 0) is 10.0 Å². The summed E-state index contributed by atoms with van der Waals surface area (Å²) >= 11 is 2.03. The Morgan fingerprint density at radius 3 is 2.64 bits per heavy atom. The van der Waals surface area contributed by atoms with Crippen molar-refractivity contribution in [1.82, 2.24) is 0 Å². The van der Waals surface area contributed by atoms with Crippen LogP contribution in [-0.4, -0.2) is 20.6 Å². The molecule has 0 radical (unpaired) electrons. The van der Waals surface area contributed by atoms with Gasteiger partial charge < -0.3 is 5.11 Å². The van der Waals surface area contributed by atoms with Gasteiger partial charge in [-0.05, 0) is 40.3 Å². The number of hydrogen-bond acceptors (Lipinski definition) is 3. The molecule has 0 atom stereocenters. The summed E-state index contributed by atoms with van der Waals surface area (Å²) in [5, 5.41) is 11.3. The lowest BCUT2D eigenvalue weighted by Crippen LogP contribution is -2.20. The molecular formula is C8H7INO3S-. The Morgan fingerprint density at radius 1 is 1.50 bits per heavy atom. The van der Waals surface area contributed by atoms with E-state index in [2.05, 4.69) is 4.40 Å². The molecule has 6 heteroatoms. The van der Waals surface area contributed by atoms with E-state index in [0.717, 1.165) is 9.83 Å². The minimum absolute atomic E-state index is 0.280. The second-order valence-electron chi connectivity index (χ2n) is 2.64. The first-order chi connectivity index (χ1) is 6.38. The number of nitrogens with zero attached hydrogens (tertiary/aromatic N) is 1. The van der Waals surface area contributed by atoms with Crippen molar-refractivity contribution in [3.63, 3.8) is 0 Å². The van der Waals surface area contributed by atoms with Gasteiger partial charge in [-0.15, -0.1) is 0 Å². The predicted octanol–water partition coefficient (Wildman–Crippen LogP) is 0.358. The van der Waals surface area contributed by atoms with Crippen LogP contribution in [0.1, 0.15) is 5.56 Å². The van der Waals surface area contributed by atoms with Gasteiger partial charge in [0.2, 0.25) is 10.0 Å². The van der Waals surface area contributed by atoms with Gasteiger partial charge in [0, 0.05) is 9.47 Å². The molecule has 0 bridgehead atoms. The third-order valence-electron chi connectivity index (χ3n) is 1.32. The molecule has 14 heavy (non-hydrogen) atoms. The first-order valence-corrected chi connectivity index (χ1v) is 6.54. The predicted molar refractivity (Wildman–Crippen MR) is 60.5 cm³/mol. The third-order valence-corrected chi connectivity index (χ3v) is 2.49. The fourth-order valence-corrected chi connectivity index (χ4v) is 1.77. The number of halogens is 1. The Balaban J connectivity index is 3.13. The number of hydrogen-bond donors (Lipinski definition) is 0. The molecule has 0 heterocycles. The molecule has 0 aliphatic rings. The molecule has 0 spiro atoms. The van der Waals surface area contributed by atoms with Crippen molar-refractivity contribution in [2.24, 2.45) is 4.40 Å². The highest BCUT2D eigenvalue weighted by Crippen LogP contribution is 2.07. The van der Waals surface area contributed by atoms with Crippen LogP contribution in [0.4, 0.5) is 0 Å². The first-order valence-electron chi connectivity index (χ1n) is 3.61. The SMILES string of the molecule is CS(=O)(=O)/N=C(/[O-])c1cccc(I)c1. The Kier molecular flexibility index (Phi) is 3.48. The Hall–Kier alpha value is -0.630. The molecule has 0 aliphatic heterocycles.